The highest BCUT2D eigenvalue weighted by atomic mass is 16.2. The van der Waals surface area contributed by atoms with E-state index >= 15 is 0 Å². The smallest absolute Gasteiger partial charge is 0.255 e. The van der Waals surface area contributed by atoms with Crippen molar-refractivity contribution in [3.63, 3.8) is 0 Å². The van der Waals surface area contributed by atoms with E-state index in [1.54, 1.807) is 11.0 Å². The number of hydrogen-bond donors (Lipinski definition) is 2. The highest BCUT2D eigenvalue weighted by molar-refractivity contribution is 6.06. The van der Waals surface area contributed by atoms with Crippen molar-refractivity contribution in [3.05, 3.63) is 29.3 Å². The van der Waals surface area contributed by atoms with Gasteiger partial charge in [0.15, 0.2) is 0 Å². The van der Waals surface area contributed by atoms with Crippen LogP contribution in [-0.4, -0.2) is 58.6 Å². The molecule has 2 saturated heterocycles. The van der Waals surface area contributed by atoms with E-state index in [4.69, 9.17) is 0 Å². The molecule has 0 spiro atoms. The van der Waals surface area contributed by atoms with Crippen LogP contribution in [0.4, 0.5) is 5.69 Å². The van der Waals surface area contributed by atoms with Gasteiger partial charge in [0.1, 0.15) is 6.04 Å². The van der Waals surface area contributed by atoms with Crippen molar-refractivity contribution in [1.29, 1.82) is 0 Å². The molecule has 33 heavy (non-hydrogen) atoms. The molecule has 0 bridgehead atoms. The van der Waals surface area contributed by atoms with E-state index in [1.807, 2.05) is 17.0 Å². The number of fused-ring (bicyclic) bond motifs is 1. The summed E-state index contributed by atoms with van der Waals surface area (Å²) in [5.41, 5.74) is 2.16. The molecule has 3 unspecified atom stereocenters. The van der Waals surface area contributed by atoms with Gasteiger partial charge in [0.25, 0.3) is 5.91 Å². The molecule has 8 nitrogen and oxygen atoms in total. The van der Waals surface area contributed by atoms with Gasteiger partial charge in [-0.15, -0.1) is 0 Å². The molecule has 3 atom stereocenters. The maximum absolute atomic E-state index is 13.3. The molecule has 5 rings (SSSR count). The quantitative estimate of drug-likeness (QED) is 0.668. The SMILES string of the molecule is CC1CCCCN1C(=O)CNc1ccc2c(c1)C(=O)N(C1C(=O)NC(=O)CC1C1CCC1)C2. The molecule has 4 aliphatic rings. The molecular weight excluding hydrogens is 420 g/mol. The number of anilines is 1. The molecule has 0 radical (unpaired) electrons. The Morgan fingerprint density at radius 2 is 1.94 bits per heavy atom. The monoisotopic (exact) mass is 452 g/mol. The lowest BCUT2D eigenvalue weighted by Crippen LogP contribution is -2.59. The standard InChI is InChI=1S/C25H32N4O4/c1-15-5-2-3-10-28(15)22(31)13-26-18-9-8-17-14-29(25(33)20(17)11-18)23-19(16-6-4-7-16)12-21(30)27-24(23)32/h8-9,11,15-16,19,23,26H,2-7,10,12-14H2,1H3,(H,27,30,32). The van der Waals surface area contributed by atoms with E-state index in [-0.39, 0.29) is 42.1 Å². The minimum atomic E-state index is -0.605. The summed E-state index contributed by atoms with van der Waals surface area (Å²) in [6.45, 7) is 3.45. The van der Waals surface area contributed by atoms with Crippen LogP contribution in [0.1, 0.15) is 67.8 Å². The van der Waals surface area contributed by atoms with Crippen LogP contribution in [0.25, 0.3) is 0 Å². The number of carbonyl (C=O) groups is 4. The normalized spacial score (nSPS) is 27.8. The molecule has 3 fully saturated rings. The van der Waals surface area contributed by atoms with Crippen molar-refractivity contribution in [3.8, 4) is 0 Å². The van der Waals surface area contributed by atoms with Gasteiger partial charge in [0.2, 0.25) is 17.7 Å². The molecule has 3 heterocycles. The number of piperidine rings is 2. The third-order valence-electron chi connectivity index (χ3n) is 7.96. The van der Waals surface area contributed by atoms with Gasteiger partial charge >= 0.3 is 0 Å². The van der Waals surface area contributed by atoms with Crippen LogP contribution in [0.2, 0.25) is 0 Å². The highest BCUT2D eigenvalue weighted by Gasteiger charge is 2.48. The van der Waals surface area contributed by atoms with Gasteiger partial charge in [-0.2, -0.15) is 0 Å². The first-order valence-corrected chi connectivity index (χ1v) is 12.2. The summed E-state index contributed by atoms with van der Waals surface area (Å²) in [6, 6.07) is 5.23. The predicted octanol–water partition coefficient (Wildman–Crippen LogP) is 2.29. The summed E-state index contributed by atoms with van der Waals surface area (Å²) in [7, 11) is 0. The van der Waals surface area contributed by atoms with Crippen molar-refractivity contribution < 1.29 is 19.2 Å². The van der Waals surface area contributed by atoms with Crippen LogP contribution >= 0.6 is 0 Å². The Hall–Kier alpha value is -2.90. The number of amides is 4. The molecule has 3 aliphatic heterocycles. The fourth-order valence-electron chi connectivity index (χ4n) is 5.85. The number of benzene rings is 1. The summed E-state index contributed by atoms with van der Waals surface area (Å²) in [6.07, 6.45) is 6.67. The number of rotatable bonds is 5. The first kappa shape index (κ1) is 21.9. The van der Waals surface area contributed by atoms with E-state index in [0.29, 0.717) is 24.4 Å². The van der Waals surface area contributed by atoms with Crippen molar-refractivity contribution in [2.24, 2.45) is 11.8 Å². The molecule has 0 aromatic heterocycles. The Balaban J connectivity index is 1.28. The largest absolute Gasteiger partial charge is 0.376 e. The molecule has 2 N–H and O–H groups in total. The minimum Gasteiger partial charge on any atom is -0.376 e. The lowest BCUT2D eigenvalue weighted by atomic mass is 9.69. The van der Waals surface area contributed by atoms with E-state index < -0.39 is 6.04 Å². The van der Waals surface area contributed by atoms with Crippen molar-refractivity contribution in [2.45, 2.75) is 70.5 Å². The zero-order valence-electron chi connectivity index (χ0n) is 19.1. The Morgan fingerprint density at radius 3 is 2.67 bits per heavy atom. The second-order valence-electron chi connectivity index (χ2n) is 10.0. The fourth-order valence-corrected chi connectivity index (χ4v) is 5.85. The predicted molar refractivity (Wildman–Crippen MR) is 122 cm³/mol. The summed E-state index contributed by atoms with van der Waals surface area (Å²) in [5, 5.41) is 5.62. The lowest BCUT2D eigenvalue weighted by molar-refractivity contribution is -0.142. The Kier molecular flexibility index (Phi) is 5.85. The van der Waals surface area contributed by atoms with Gasteiger partial charge in [-0.05, 0) is 55.7 Å². The summed E-state index contributed by atoms with van der Waals surface area (Å²) in [5.74, 6) is -0.492. The van der Waals surface area contributed by atoms with E-state index in [9.17, 15) is 19.2 Å². The van der Waals surface area contributed by atoms with E-state index in [1.165, 1.54) is 0 Å². The highest BCUT2D eigenvalue weighted by Crippen LogP contribution is 2.41. The number of carbonyl (C=O) groups excluding carboxylic acids is 4. The van der Waals surface area contributed by atoms with Gasteiger partial charge < -0.3 is 15.1 Å². The van der Waals surface area contributed by atoms with Crippen LogP contribution < -0.4 is 10.6 Å². The van der Waals surface area contributed by atoms with Gasteiger partial charge in [-0.25, -0.2) is 0 Å². The van der Waals surface area contributed by atoms with Crippen LogP contribution in [0.5, 0.6) is 0 Å². The third-order valence-corrected chi connectivity index (χ3v) is 7.96. The number of likely N-dealkylation sites (tertiary alicyclic amines) is 1. The minimum absolute atomic E-state index is 0.0718. The first-order chi connectivity index (χ1) is 15.9. The van der Waals surface area contributed by atoms with Crippen LogP contribution in [0.15, 0.2) is 18.2 Å². The number of nitrogens with one attached hydrogen (secondary N) is 2. The number of hydrogen-bond acceptors (Lipinski definition) is 5. The molecule has 1 saturated carbocycles. The summed E-state index contributed by atoms with van der Waals surface area (Å²) in [4.78, 5) is 54.4. The molecule has 1 aromatic carbocycles. The second-order valence-corrected chi connectivity index (χ2v) is 10.0. The van der Waals surface area contributed by atoms with E-state index in [0.717, 1.165) is 56.3 Å². The second kappa shape index (κ2) is 8.80. The van der Waals surface area contributed by atoms with Crippen LogP contribution in [-0.2, 0) is 20.9 Å². The van der Waals surface area contributed by atoms with Gasteiger partial charge in [0, 0.05) is 36.8 Å². The molecule has 1 aromatic rings. The average molecular weight is 453 g/mol. The van der Waals surface area contributed by atoms with Gasteiger partial charge in [-0.1, -0.05) is 25.3 Å². The summed E-state index contributed by atoms with van der Waals surface area (Å²) < 4.78 is 0. The number of nitrogens with zero attached hydrogens (tertiary/aromatic N) is 2. The average Bonchev–Trinajstić information content (AvgIpc) is 3.06. The van der Waals surface area contributed by atoms with E-state index in [2.05, 4.69) is 17.6 Å². The van der Waals surface area contributed by atoms with Gasteiger partial charge in [0.05, 0.1) is 6.54 Å². The Morgan fingerprint density at radius 1 is 1.12 bits per heavy atom. The lowest BCUT2D eigenvalue weighted by Gasteiger charge is -2.43. The number of imide groups is 1. The molecular formula is C25H32N4O4. The summed E-state index contributed by atoms with van der Waals surface area (Å²) >= 11 is 0. The Labute approximate surface area is 194 Å². The first-order valence-electron chi connectivity index (χ1n) is 12.2. The maximum atomic E-state index is 13.3. The Bertz CT molecular complexity index is 989. The van der Waals surface area contributed by atoms with Crippen molar-refractivity contribution in [1.82, 2.24) is 15.1 Å². The molecule has 4 amide bonds. The van der Waals surface area contributed by atoms with Crippen LogP contribution in [0.3, 0.4) is 0 Å². The zero-order valence-corrected chi connectivity index (χ0v) is 19.1. The zero-order chi connectivity index (χ0) is 23.1. The van der Waals surface area contributed by atoms with Crippen molar-refractivity contribution >= 4 is 29.3 Å². The topological polar surface area (TPSA) is 98.8 Å². The van der Waals surface area contributed by atoms with Gasteiger partial charge in [-0.3, -0.25) is 24.5 Å². The maximum Gasteiger partial charge on any atom is 0.255 e. The van der Waals surface area contributed by atoms with Crippen LogP contribution in [0, 0.1) is 11.8 Å². The molecule has 176 valence electrons. The molecule has 8 heteroatoms. The van der Waals surface area contributed by atoms with Crippen molar-refractivity contribution in [2.75, 3.05) is 18.4 Å². The molecule has 1 aliphatic carbocycles. The third kappa shape index (κ3) is 4.11. The fraction of sp³-hybridized carbons (Fsp3) is 0.600.